The van der Waals surface area contributed by atoms with Crippen molar-refractivity contribution in [2.75, 3.05) is 0 Å². The van der Waals surface area contributed by atoms with Crippen LogP contribution in [0.5, 0.6) is 0 Å². The molecule has 0 aromatic rings. The van der Waals surface area contributed by atoms with Crippen LogP contribution < -0.4 is 0 Å². The van der Waals surface area contributed by atoms with E-state index in [0.717, 1.165) is 12.8 Å². The van der Waals surface area contributed by atoms with Crippen LogP contribution in [-0.4, -0.2) is 22.8 Å². The number of carbonyl (C=O) groups is 2. The van der Waals surface area contributed by atoms with E-state index in [2.05, 4.69) is 0 Å². The van der Waals surface area contributed by atoms with Crippen LogP contribution in [0.3, 0.4) is 0 Å². The first-order chi connectivity index (χ1) is 8.20. The number of carbonyl (C=O) groups excluding carboxylic acids is 2. The van der Waals surface area contributed by atoms with Gasteiger partial charge in [-0.25, -0.2) is 0 Å². The molecule has 0 saturated heterocycles. The van der Waals surface area contributed by atoms with E-state index in [0.29, 0.717) is 18.4 Å². The van der Waals surface area contributed by atoms with E-state index in [1.807, 2.05) is 12.2 Å². The van der Waals surface area contributed by atoms with Gasteiger partial charge in [0.15, 0.2) is 5.78 Å². The van der Waals surface area contributed by atoms with Crippen LogP contribution in [0.15, 0.2) is 23.8 Å². The Morgan fingerprint density at radius 2 is 2.06 bits per heavy atom. The number of ketones is 2. The van der Waals surface area contributed by atoms with Crippen LogP contribution in [0.25, 0.3) is 0 Å². The molecule has 3 aliphatic rings. The van der Waals surface area contributed by atoms with Crippen LogP contribution in [0.4, 0.5) is 0 Å². The molecule has 2 saturated carbocycles. The molecule has 0 amide bonds. The van der Waals surface area contributed by atoms with Crippen molar-refractivity contribution in [2.24, 2.45) is 17.8 Å². The third-order valence-electron chi connectivity index (χ3n) is 4.32. The Morgan fingerprint density at radius 1 is 1.24 bits per heavy atom. The maximum Gasteiger partial charge on any atom is 0.165 e. The van der Waals surface area contributed by atoms with E-state index < -0.39 is 12.0 Å². The van der Waals surface area contributed by atoms with Crippen LogP contribution in [0.2, 0.25) is 0 Å². The van der Waals surface area contributed by atoms with Crippen molar-refractivity contribution in [3.05, 3.63) is 23.8 Å². The molecule has 2 fully saturated rings. The highest BCUT2D eigenvalue weighted by atomic mass is 16.3. The molecule has 4 unspecified atom stereocenters. The normalized spacial score (nSPS) is 40.6. The molecule has 0 bridgehead atoms. The standard InChI is InChI=1S/C14H16O3/c15-11-7-3-6-10-12(11)14(17)9-5-2-1-4-8(9)13(10)16/h1-2,5,8,10-12,15H,3-4,6-7H2. The highest BCUT2D eigenvalue weighted by Crippen LogP contribution is 2.43. The molecule has 1 N–H and O–H groups in total. The fourth-order valence-corrected chi connectivity index (χ4v) is 3.45. The summed E-state index contributed by atoms with van der Waals surface area (Å²) in [7, 11) is 0. The molecular weight excluding hydrogens is 216 g/mol. The summed E-state index contributed by atoms with van der Waals surface area (Å²) in [5.41, 5.74) is 0.625. The first kappa shape index (κ1) is 10.9. The summed E-state index contributed by atoms with van der Waals surface area (Å²) in [4.78, 5) is 24.7. The first-order valence-electron chi connectivity index (χ1n) is 6.33. The summed E-state index contributed by atoms with van der Waals surface area (Å²) in [5.74, 6) is -0.760. The second-order valence-corrected chi connectivity index (χ2v) is 5.24. The summed E-state index contributed by atoms with van der Waals surface area (Å²) < 4.78 is 0. The number of hydrogen-bond donors (Lipinski definition) is 1. The fraction of sp³-hybridized carbons (Fsp3) is 0.571. The van der Waals surface area contributed by atoms with Crippen molar-refractivity contribution in [3.8, 4) is 0 Å². The van der Waals surface area contributed by atoms with Gasteiger partial charge in [0.25, 0.3) is 0 Å². The zero-order valence-electron chi connectivity index (χ0n) is 9.63. The minimum atomic E-state index is -0.627. The van der Waals surface area contributed by atoms with Crippen molar-refractivity contribution in [3.63, 3.8) is 0 Å². The van der Waals surface area contributed by atoms with Gasteiger partial charge in [0.05, 0.1) is 12.0 Å². The Morgan fingerprint density at radius 3 is 2.88 bits per heavy atom. The SMILES string of the molecule is O=C1C2CC=CC=C2C(=O)C2C(O)CCCC12. The number of aliphatic hydroxyl groups is 1. The number of aliphatic hydroxyl groups excluding tert-OH is 1. The van der Waals surface area contributed by atoms with Crippen molar-refractivity contribution in [1.82, 2.24) is 0 Å². The maximum atomic E-state index is 12.3. The molecular formula is C14H16O3. The lowest BCUT2D eigenvalue weighted by Crippen LogP contribution is -2.50. The van der Waals surface area contributed by atoms with Gasteiger partial charge in [-0.1, -0.05) is 24.6 Å². The van der Waals surface area contributed by atoms with Crippen LogP contribution in [0, 0.1) is 17.8 Å². The zero-order chi connectivity index (χ0) is 12.0. The number of rotatable bonds is 0. The predicted octanol–water partition coefficient (Wildman–Crippen LogP) is 1.42. The third-order valence-corrected chi connectivity index (χ3v) is 4.32. The van der Waals surface area contributed by atoms with Crippen molar-refractivity contribution >= 4 is 11.6 Å². The molecule has 4 atom stereocenters. The van der Waals surface area contributed by atoms with Gasteiger partial charge >= 0.3 is 0 Å². The van der Waals surface area contributed by atoms with E-state index >= 15 is 0 Å². The van der Waals surface area contributed by atoms with Gasteiger partial charge in [-0.05, 0) is 19.3 Å². The Labute approximate surface area is 100 Å². The first-order valence-corrected chi connectivity index (χ1v) is 6.33. The fourth-order valence-electron chi connectivity index (χ4n) is 3.45. The lowest BCUT2D eigenvalue weighted by atomic mass is 9.62. The third kappa shape index (κ3) is 1.53. The Bertz CT molecular complexity index is 433. The molecule has 0 aromatic carbocycles. The highest BCUT2D eigenvalue weighted by Gasteiger charge is 2.49. The van der Waals surface area contributed by atoms with E-state index in [1.54, 1.807) is 6.08 Å². The lowest BCUT2D eigenvalue weighted by Gasteiger charge is -2.41. The summed E-state index contributed by atoms with van der Waals surface area (Å²) in [6.07, 6.45) is 7.82. The summed E-state index contributed by atoms with van der Waals surface area (Å²) >= 11 is 0. The van der Waals surface area contributed by atoms with Gasteiger partial charge in [0, 0.05) is 17.4 Å². The van der Waals surface area contributed by atoms with Gasteiger partial charge in [-0.3, -0.25) is 9.59 Å². The summed E-state index contributed by atoms with van der Waals surface area (Å²) in [6.45, 7) is 0. The monoisotopic (exact) mass is 232 g/mol. The Balaban J connectivity index is 2.01. The zero-order valence-corrected chi connectivity index (χ0v) is 9.63. The molecule has 0 radical (unpaired) electrons. The van der Waals surface area contributed by atoms with Gasteiger partial charge in [0.1, 0.15) is 5.78 Å². The molecule has 0 heterocycles. The number of allylic oxidation sites excluding steroid dienone is 4. The summed E-state index contributed by atoms with van der Waals surface area (Å²) in [6, 6.07) is 0. The Kier molecular flexibility index (Phi) is 2.51. The molecule has 0 aliphatic heterocycles. The smallest absolute Gasteiger partial charge is 0.165 e. The average molecular weight is 232 g/mol. The van der Waals surface area contributed by atoms with Crippen LogP contribution in [0.1, 0.15) is 25.7 Å². The highest BCUT2D eigenvalue weighted by molar-refractivity contribution is 6.10. The number of hydrogen-bond acceptors (Lipinski definition) is 3. The number of Topliss-reactive ketones (excluding diaryl/α,β-unsaturated/α-hetero) is 2. The van der Waals surface area contributed by atoms with Crippen molar-refractivity contribution in [1.29, 1.82) is 0 Å². The molecule has 3 nitrogen and oxygen atoms in total. The molecule has 90 valence electrons. The van der Waals surface area contributed by atoms with E-state index in [-0.39, 0.29) is 23.4 Å². The predicted molar refractivity (Wildman–Crippen MR) is 62.2 cm³/mol. The molecule has 17 heavy (non-hydrogen) atoms. The quantitative estimate of drug-likeness (QED) is 0.687. The van der Waals surface area contributed by atoms with Gasteiger partial charge < -0.3 is 5.11 Å². The second kappa shape index (κ2) is 3.91. The topological polar surface area (TPSA) is 54.4 Å². The lowest BCUT2D eigenvalue weighted by molar-refractivity contribution is -0.144. The average Bonchev–Trinajstić information content (AvgIpc) is 2.36. The van der Waals surface area contributed by atoms with Crippen molar-refractivity contribution < 1.29 is 14.7 Å². The van der Waals surface area contributed by atoms with Crippen molar-refractivity contribution in [2.45, 2.75) is 31.8 Å². The second-order valence-electron chi connectivity index (χ2n) is 5.24. The van der Waals surface area contributed by atoms with E-state index in [9.17, 15) is 14.7 Å². The van der Waals surface area contributed by atoms with Gasteiger partial charge in [0.2, 0.25) is 0 Å². The molecule has 3 aliphatic carbocycles. The number of fused-ring (bicyclic) bond motifs is 2. The van der Waals surface area contributed by atoms with Gasteiger partial charge in [-0.15, -0.1) is 0 Å². The minimum Gasteiger partial charge on any atom is -0.392 e. The molecule has 3 rings (SSSR count). The van der Waals surface area contributed by atoms with Crippen LogP contribution >= 0.6 is 0 Å². The maximum absolute atomic E-state index is 12.3. The molecule has 3 heteroatoms. The van der Waals surface area contributed by atoms with E-state index in [4.69, 9.17) is 0 Å². The van der Waals surface area contributed by atoms with Crippen LogP contribution in [-0.2, 0) is 9.59 Å². The molecule has 0 aromatic heterocycles. The van der Waals surface area contributed by atoms with Gasteiger partial charge in [-0.2, -0.15) is 0 Å². The van der Waals surface area contributed by atoms with E-state index in [1.165, 1.54) is 0 Å². The molecule has 0 spiro atoms. The largest absolute Gasteiger partial charge is 0.392 e. The summed E-state index contributed by atoms with van der Waals surface area (Å²) in [5, 5.41) is 9.96. The Hall–Kier alpha value is -1.22. The minimum absolute atomic E-state index is 0.0103.